The Morgan fingerprint density at radius 2 is 1.55 bits per heavy atom. The smallest absolute Gasteiger partial charge is 0.328 e. The van der Waals surface area contributed by atoms with Crippen molar-refractivity contribution in [2.45, 2.75) is 51.0 Å². The quantitative estimate of drug-likeness (QED) is 0.788. The molecule has 1 aliphatic heterocycles. The maximum absolute atomic E-state index is 10.8. The van der Waals surface area contributed by atoms with Crippen molar-refractivity contribution >= 4 is 5.97 Å². The number of aliphatic carboxylic acids is 1. The van der Waals surface area contributed by atoms with E-state index in [1.54, 1.807) is 0 Å². The predicted molar refractivity (Wildman–Crippen MR) is 77.4 cm³/mol. The molecule has 5 aliphatic rings. The monoisotopic (exact) mass is 275 g/mol. The van der Waals surface area contributed by atoms with Gasteiger partial charge in [0.1, 0.15) is 0 Å². The van der Waals surface area contributed by atoms with Gasteiger partial charge in [-0.3, -0.25) is 4.90 Å². The second-order valence-corrected chi connectivity index (χ2v) is 7.60. The van der Waals surface area contributed by atoms with E-state index in [1.165, 1.54) is 38.2 Å². The third kappa shape index (κ3) is 2.20. The summed E-state index contributed by atoms with van der Waals surface area (Å²) in [5.41, 5.74) is 1.14. The number of piperidine rings is 1. The summed E-state index contributed by atoms with van der Waals surface area (Å²) in [5.74, 6) is 3.22. The standard InChI is InChI=1S/C17H25NO2/c19-16(20)10-11-1-3-18(4-2-11)17-14-6-12-5-13(8-14)9-15(17)7-12/h10,12-15,17H,1-9H2,(H,19,20). The number of rotatable bonds is 2. The predicted octanol–water partition coefficient (Wildman–Crippen LogP) is 2.92. The van der Waals surface area contributed by atoms with Gasteiger partial charge in [0.05, 0.1) is 0 Å². The van der Waals surface area contributed by atoms with E-state index in [0.717, 1.165) is 61.2 Å². The van der Waals surface area contributed by atoms with Crippen LogP contribution in [0.15, 0.2) is 11.6 Å². The summed E-state index contributed by atoms with van der Waals surface area (Å²) in [6.45, 7) is 2.18. The highest BCUT2D eigenvalue weighted by Gasteiger charge is 2.50. The summed E-state index contributed by atoms with van der Waals surface area (Å²) >= 11 is 0. The Hall–Kier alpha value is -0.830. The number of likely N-dealkylation sites (tertiary alicyclic amines) is 1. The Kier molecular flexibility index (Phi) is 3.13. The van der Waals surface area contributed by atoms with Crippen LogP contribution in [0.4, 0.5) is 0 Å². The summed E-state index contributed by atoms with van der Waals surface area (Å²) in [6.07, 6.45) is 10.8. The molecule has 4 bridgehead atoms. The van der Waals surface area contributed by atoms with Crippen LogP contribution < -0.4 is 0 Å². The Morgan fingerprint density at radius 1 is 1.00 bits per heavy atom. The van der Waals surface area contributed by atoms with Gasteiger partial charge in [0, 0.05) is 25.2 Å². The first kappa shape index (κ1) is 12.9. The van der Waals surface area contributed by atoms with Gasteiger partial charge in [0.25, 0.3) is 0 Å². The normalized spacial score (nSPS) is 43.8. The van der Waals surface area contributed by atoms with Crippen LogP contribution in [0.25, 0.3) is 0 Å². The molecule has 0 unspecified atom stereocenters. The van der Waals surface area contributed by atoms with Crippen molar-refractivity contribution < 1.29 is 9.90 Å². The van der Waals surface area contributed by atoms with Crippen molar-refractivity contribution in [1.29, 1.82) is 0 Å². The lowest BCUT2D eigenvalue weighted by molar-refractivity contribution is -0.131. The minimum Gasteiger partial charge on any atom is -0.478 e. The molecular weight excluding hydrogens is 250 g/mol. The van der Waals surface area contributed by atoms with Crippen LogP contribution in [-0.4, -0.2) is 35.1 Å². The van der Waals surface area contributed by atoms with Gasteiger partial charge < -0.3 is 5.11 Å². The molecule has 0 aromatic rings. The molecule has 20 heavy (non-hydrogen) atoms. The van der Waals surface area contributed by atoms with Gasteiger partial charge in [0.2, 0.25) is 0 Å². The third-order valence-electron chi connectivity index (χ3n) is 6.37. The van der Waals surface area contributed by atoms with E-state index in [4.69, 9.17) is 5.11 Å². The van der Waals surface area contributed by atoms with Crippen LogP contribution in [0.3, 0.4) is 0 Å². The number of hydrogen-bond donors (Lipinski definition) is 1. The van der Waals surface area contributed by atoms with Gasteiger partial charge in [-0.05, 0) is 68.6 Å². The van der Waals surface area contributed by atoms with Crippen molar-refractivity contribution in [3.63, 3.8) is 0 Å². The highest BCUT2D eigenvalue weighted by atomic mass is 16.4. The van der Waals surface area contributed by atoms with E-state index < -0.39 is 5.97 Å². The van der Waals surface area contributed by atoms with E-state index >= 15 is 0 Å². The summed E-state index contributed by atoms with van der Waals surface area (Å²) in [7, 11) is 0. The average molecular weight is 275 g/mol. The molecule has 1 heterocycles. The Morgan fingerprint density at radius 3 is 2.05 bits per heavy atom. The first-order valence-corrected chi connectivity index (χ1v) is 8.35. The molecule has 3 heteroatoms. The van der Waals surface area contributed by atoms with Crippen molar-refractivity contribution in [2.75, 3.05) is 13.1 Å². The Labute approximate surface area is 121 Å². The first-order valence-electron chi connectivity index (χ1n) is 8.35. The zero-order valence-electron chi connectivity index (χ0n) is 12.1. The number of hydrogen-bond acceptors (Lipinski definition) is 2. The fraction of sp³-hybridized carbons (Fsp3) is 0.824. The van der Waals surface area contributed by atoms with E-state index in [9.17, 15) is 4.79 Å². The topological polar surface area (TPSA) is 40.5 Å². The van der Waals surface area contributed by atoms with Crippen molar-refractivity contribution in [2.24, 2.45) is 23.7 Å². The first-order chi connectivity index (χ1) is 9.69. The van der Waals surface area contributed by atoms with E-state index in [0.29, 0.717) is 0 Å². The highest BCUT2D eigenvalue weighted by molar-refractivity contribution is 5.80. The summed E-state index contributed by atoms with van der Waals surface area (Å²) in [5, 5.41) is 8.86. The van der Waals surface area contributed by atoms with Crippen LogP contribution in [0, 0.1) is 23.7 Å². The second kappa shape index (κ2) is 4.87. The fourth-order valence-corrected chi connectivity index (χ4v) is 5.92. The van der Waals surface area contributed by atoms with Crippen molar-refractivity contribution in [3.05, 3.63) is 11.6 Å². The number of nitrogens with zero attached hydrogens (tertiary/aromatic N) is 1. The van der Waals surface area contributed by atoms with Crippen LogP contribution in [0.5, 0.6) is 0 Å². The van der Waals surface area contributed by atoms with E-state index in [-0.39, 0.29) is 0 Å². The van der Waals surface area contributed by atoms with Crippen molar-refractivity contribution in [1.82, 2.24) is 4.90 Å². The molecule has 5 rings (SSSR count). The van der Waals surface area contributed by atoms with Crippen LogP contribution in [0.2, 0.25) is 0 Å². The molecule has 0 aromatic heterocycles. The average Bonchev–Trinajstić information content (AvgIpc) is 2.38. The zero-order chi connectivity index (χ0) is 13.7. The zero-order valence-corrected chi connectivity index (χ0v) is 12.1. The fourth-order valence-electron chi connectivity index (χ4n) is 5.92. The molecule has 0 atom stereocenters. The molecule has 0 amide bonds. The maximum atomic E-state index is 10.8. The second-order valence-electron chi connectivity index (χ2n) is 7.60. The molecule has 0 radical (unpaired) electrons. The van der Waals surface area contributed by atoms with Crippen LogP contribution in [0.1, 0.15) is 44.9 Å². The van der Waals surface area contributed by atoms with E-state index in [2.05, 4.69) is 4.90 Å². The van der Waals surface area contributed by atoms with E-state index in [1.807, 2.05) is 0 Å². The lowest BCUT2D eigenvalue weighted by atomic mass is 9.53. The number of carbonyl (C=O) groups is 1. The van der Waals surface area contributed by atoms with Gasteiger partial charge in [-0.25, -0.2) is 4.79 Å². The largest absolute Gasteiger partial charge is 0.478 e. The van der Waals surface area contributed by atoms with Crippen LogP contribution >= 0.6 is 0 Å². The van der Waals surface area contributed by atoms with Gasteiger partial charge in [0.15, 0.2) is 0 Å². The highest BCUT2D eigenvalue weighted by Crippen LogP contribution is 2.55. The SMILES string of the molecule is O=C(O)C=C1CCN(C2C3CC4CC(C3)CC2C4)CC1. The third-order valence-corrected chi connectivity index (χ3v) is 6.37. The van der Waals surface area contributed by atoms with Gasteiger partial charge in [-0.2, -0.15) is 0 Å². The number of carboxylic acid groups (broad SMARTS) is 1. The molecule has 3 nitrogen and oxygen atoms in total. The lowest BCUT2D eigenvalue weighted by Gasteiger charge is -2.58. The molecule has 5 fully saturated rings. The maximum Gasteiger partial charge on any atom is 0.328 e. The summed E-state index contributed by atoms with van der Waals surface area (Å²) in [4.78, 5) is 13.5. The molecule has 0 aromatic carbocycles. The summed E-state index contributed by atoms with van der Waals surface area (Å²) in [6, 6.07) is 0.828. The minimum atomic E-state index is -0.775. The lowest BCUT2D eigenvalue weighted by Crippen LogP contribution is -2.57. The molecule has 1 saturated heterocycles. The molecule has 4 aliphatic carbocycles. The minimum absolute atomic E-state index is 0.775. The molecule has 4 saturated carbocycles. The molecule has 110 valence electrons. The van der Waals surface area contributed by atoms with Gasteiger partial charge in [-0.15, -0.1) is 0 Å². The molecule has 1 N–H and O–H groups in total. The van der Waals surface area contributed by atoms with Gasteiger partial charge >= 0.3 is 5.97 Å². The molecule has 0 spiro atoms. The number of carboxylic acids is 1. The molecular formula is C17H25NO2. The van der Waals surface area contributed by atoms with Crippen molar-refractivity contribution in [3.8, 4) is 0 Å². The Bertz CT molecular complexity index is 404. The Balaban J connectivity index is 1.43. The van der Waals surface area contributed by atoms with Gasteiger partial charge in [-0.1, -0.05) is 5.57 Å². The van der Waals surface area contributed by atoms with Crippen LogP contribution in [-0.2, 0) is 4.79 Å². The summed E-state index contributed by atoms with van der Waals surface area (Å²) < 4.78 is 0.